The average molecular weight is 406 g/mol. The third kappa shape index (κ3) is 5.08. The molecular formula is C24H26N2O4. The van der Waals surface area contributed by atoms with Crippen molar-refractivity contribution < 1.29 is 19.1 Å². The van der Waals surface area contributed by atoms with Crippen LogP contribution in [0.2, 0.25) is 0 Å². The van der Waals surface area contributed by atoms with E-state index in [1.54, 1.807) is 43.2 Å². The van der Waals surface area contributed by atoms with Crippen LogP contribution in [-0.4, -0.2) is 32.1 Å². The summed E-state index contributed by atoms with van der Waals surface area (Å²) in [7, 11) is 1.57. The fourth-order valence-corrected chi connectivity index (χ4v) is 3.41. The predicted molar refractivity (Wildman–Crippen MR) is 119 cm³/mol. The lowest BCUT2D eigenvalue weighted by atomic mass is 10.0. The minimum absolute atomic E-state index is 0.0343. The summed E-state index contributed by atoms with van der Waals surface area (Å²) in [6, 6.07) is 11.1. The highest BCUT2D eigenvalue weighted by atomic mass is 16.5. The highest BCUT2D eigenvalue weighted by molar-refractivity contribution is 6.02. The molecule has 1 heterocycles. The lowest BCUT2D eigenvalue weighted by molar-refractivity contribution is -0.116. The van der Waals surface area contributed by atoms with E-state index in [0.717, 1.165) is 36.2 Å². The van der Waals surface area contributed by atoms with Crippen molar-refractivity contribution in [3.63, 3.8) is 0 Å². The van der Waals surface area contributed by atoms with Gasteiger partial charge in [-0.15, -0.1) is 0 Å². The van der Waals surface area contributed by atoms with Crippen LogP contribution in [0.15, 0.2) is 55.1 Å². The molecule has 0 atom stereocenters. The first kappa shape index (κ1) is 21.2. The van der Waals surface area contributed by atoms with Gasteiger partial charge in [0.2, 0.25) is 11.8 Å². The number of fused-ring (bicyclic) bond motifs is 1. The van der Waals surface area contributed by atoms with Gasteiger partial charge in [0.25, 0.3) is 0 Å². The van der Waals surface area contributed by atoms with E-state index in [4.69, 9.17) is 9.47 Å². The van der Waals surface area contributed by atoms with E-state index in [-0.39, 0.29) is 11.8 Å². The van der Waals surface area contributed by atoms with Gasteiger partial charge >= 0.3 is 0 Å². The molecule has 2 aromatic rings. The second-order valence-electron chi connectivity index (χ2n) is 6.95. The van der Waals surface area contributed by atoms with Gasteiger partial charge in [0, 0.05) is 30.9 Å². The number of aryl methyl sites for hydroxylation is 1. The third-order valence-corrected chi connectivity index (χ3v) is 4.82. The molecule has 0 saturated carbocycles. The number of rotatable bonds is 7. The molecule has 0 spiro atoms. The van der Waals surface area contributed by atoms with E-state index in [0.29, 0.717) is 23.8 Å². The van der Waals surface area contributed by atoms with E-state index in [1.165, 1.54) is 6.08 Å². The average Bonchev–Trinajstić information content (AvgIpc) is 2.75. The second-order valence-corrected chi connectivity index (χ2v) is 6.95. The van der Waals surface area contributed by atoms with Crippen molar-refractivity contribution in [3.05, 3.63) is 66.3 Å². The van der Waals surface area contributed by atoms with Gasteiger partial charge in [0.1, 0.15) is 6.61 Å². The van der Waals surface area contributed by atoms with Gasteiger partial charge in [-0.2, -0.15) is 0 Å². The number of carbonyl (C=O) groups excluding carboxylic acids is 2. The Bertz CT molecular complexity index is 981. The van der Waals surface area contributed by atoms with Crippen LogP contribution >= 0.6 is 0 Å². The van der Waals surface area contributed by atoms with Crippen LogP contribution in [0.1, 0.15) is 24.5 Å². The quantitative estimate of drug-likeness (QED) is 0.552. The van der Waals surface area contributed by atoms with Gasteiger partial charge in [0.15, 0.2) is 11.5 Å². The van der Waals surface area contributed by atoms with Crippen LogP contribution in [0.3, 0.4) is 0 Å². The minimum atomic E-state index is -0.236. The van der Waals surface area contributed by atoms with Crippen LogP contribution in [0.25, 0.3) is 6.08 Å². The molecule has 1 N–H and O–H groups in total. The van der Waals surface area contributed by atoms with E-state index in [9.17, 15) is 9.59 Å². The van der Waals surface area contributed by atoms with Crippen LogP contribution in [0.5, 0.6) is 11.5 Å². The maximum Gasteiger partial charge on any atom is 0.248 e. The van der Waals surface area contributed by atoms with Crippen LogP contribution in [0.4, 0.5) is 11.4 Å². The van der Waals surface area contributed by atoms with Crippen molar-refractivity contribution in [2.45, 2.75) is 19.8 Å². The molecule has 0 aromatic heterocycles. The molecule has 0 radical (unpaired) electrons. The molecule has 1 aliphatic heterocycles. The molecule has 30 heavy (non-hydrogen) atoms. The number of benzene rings is 2. The highest BCUT2D eigenvalue weighted by Gasteiger charge is 2.20. The molecule has 0 bridgehead atoms. The zero-order valence-electron chi connectivity index (χ0n) is 17.3. The Balaban J connectivity index is 1.68. The molecule has 156 valence electrons. The van der Waals surface area contributed by atoms with Crippen LogP contribution in [-0.2, 0) is 16.0 Å². The SMILES string of the molecule is C=CCOc1ccc(/C=C/C(=O)Nc2ccc3c(c2)CCCN3C(C)=O)cc1OC. The maximum atomic E-state index is 12.4. The summed E-state index contributed by atoms with van der Waals surface area (Å²) >= 11 is 0. The van der Waals surface area contributed by atoms with Crippen molar-refractivity contribution in [2.75, 3.05) is 30.5 Å². The molecule has 1 aliphatic rings. The monoisotopic (exact) mass is 406 g/mol. The highest BCUT2D eigenvalue weighted by Crippen LogP contribution is 2.30. The zero-order valence-corrected chi connectivity index (χ0v) is 17.3. The van der Waals surface area contributed by atoms with Gasteiger partial charge in [-0.25, -0.2) is 0 Å². The van der Waals surface area contributed by atoms with E-state index < -0.39 is 0 Å². The lowest BCUT2D eigenvalue weighted by Crippen LogP contribution is -2.33. The molecule has 0 aliphatic carbocycles. The Morgan fingerprint density at radius 1 is 1.20 bits per heavy atom. The minimum Gasteiger partial charge on any atom is -0.493 e. The van der Waals surface area contributed by atoms with Crippen molar-refractivity contribution in [1.82, 2.24) is 0 Å². The maximum absolute atomic E-state index is 12.4. The molecule has 0 saturated heterocycles. The summed E-state index contributed by atoms with van der Waals surface area (Å²) in [6.45, 7) is 6.32. The predicted octanol–water partition coefficient (Wildman–Crippen LogP) is 4.21. The number of ether oxygens (including phenoxy) is 2. The molecular weight excluding hydrogens is 380 g/mol. The Kier molecular flexibility index (Phi) is 6.91. The lowest BCUT2D eigenvalue weighted by Gasteiger charge is -2.28. The number of methoxy groups -OCH3 is 1. The third-order valence-electron chi connectivity index (χ3n) is 4.82. The van der Waals surface area contributed by atoms with Crippen molar-refractivity contribution in [3.8, 4) is 11.5 Å². The van der Waals surface area contributed by atoms with Crippen molar-refractivity contribution in [2.24, 2.45) is 0 Å². The van der Waals surface area contributed by atoms with Crippen molar-refractivity contribution in [1.29, 1.82) is 0 Å². The summed E-state index contributed by atoms with van der Waals surface area (Å²) in [5, 5.41) is 2.88. The number of amides is 2. The smallest absolute Gasteiger partial charge is 0.248 e. The van der Waals surface area contributed by atoms with Crippen LogP contribution < -0.4 is 19.7 Å². The summed E-state index contributed by atoms with van der Waals surface area (Å²) in [6.07, 6.45) is 6.65. The standard InChI is InChI=1S/C24H26N2O4/c1-4-14-30-22-11-7-18(15-23(22)29-3)8-12-24(28)25-20-9-10-21-19(16-20)6-5-13-26(21)17(2)27/h4,7-12,15-16H,1,5-6,13-14H2,2-3H3,(H,25,28)/b12-8+. The molecule has 6 nitrogen and oxygen atoms in total. The summed E-state index contributed by atoms with van der Waals surface area (Å²) in [5.74, 6) is 1.00. The Morgan fingerprint density at radius 2 is 2.03 bits per heavy atom. The fraction of sp³-hybridized carbons (Fsp3) is 0.250. The number of hydrogen-bond acceptors (Lipinski definition) is 4. The molecule has 2 amide bonds. The summed E-state index contributed by atoms with van der Waals surface area (Å²) in [4.78, 5) is 25.9. The Labute approximate surface area is 176 Å². The largest absolute Gasteiger partial charge is 0.493 e. The molecule has 3 rings (SSSR count). The number of anilines is 2. The zero-order chi connectivity index (χ0) is 21.5. The molecule has 0 fully saturated rings. The topological polar surface area (TPSA) is 67.9 Å². The number of carbonyl (C=O) groups is 2. The summed E-state index contributed by atoms with van der Waals surface area (Å²) in [5.41, 5.74) is 3.52. The first-order valence-electron chi connectivity index (χ1n) is 9.83. The molecule has 0 unspecified atom stereocenters. The van der Waals surface area contributed by atoms with Gasteiger partial charge in [-0.3, -0.25) is 9.59 Å². The van der Waals surface area contributed by atoms with Gasteiger partial charge < -0.3 is 19.7 Å². The first-order valence-corrected chi connectivity index (χ1v) is 9.83. The fourth-order valence-electron chi connectivity index (χ4n) is 3.41. The Hall–Kier alpha value is -3.54. The van der Waals surface area contributed by atoms with Crippen LogP contribution in [0, 0.1) is 0 Å². The number of nitrogens with zero attached hydrogens (tertiary/aromatic N) is 1. The van der Waals surface area contributed by atoms with E-state index >= 15 is 0 Å². The normalized spacial score (nSPS) is 12.9. The molecule has 6 heteroatoms. The number of nitrogens with one attached hydrogen (secondary N) is 1. The summed E-state index contributed by atoms with van der Waals surface area (Å²) < 4.78 is 10.9. The van der Waals surface area contributed by atoms with E-state index in [2.05, 4.69) is 11.9 Å². The second kappa shape index (κ2) is 9.78. The molecule has 2 aromatic carbocycles. The van der Waals surface area contributed by atoms with E-state index in [1.807, 2.05) is 24.3 Å². The van der Waals surface area contributed by atoms with Gasteiger partial charge in [-0.1, -0.05) is 18.7 Å². The number of hydrogen-bond donors (Lipinski definition) is 1. The van der Waals surface area contributed by atoms with Gasteiger partial charge in [-0.05, 0) is 60.4 Å². The Morgan fingerprint density at radius 3 is 2.77 bits per heavy atom. The van der Waals surface area contributed by atoms with Crippen molar-refractivity contribution >= 4 is 29.3 Å². The van der Waals surface area contributed by atoms with Gasteiger partial charge in [0.05, 0.1) is 7.11 Å². The first-order chi connectivity index (χ1) is 14.5.